The lowest BCUT2D eigenvalue weighted by Gasteiger charge is -2.28. The zero-order chi connectivity index (χ0) is 15.4. The second kappa shape index (κ2) is 6.75. The second-order valence-electron chi connectivity index (χ2n) is 5.87. The smallest absolute Gasteiger partial charge is 0.251 e. The summed E-state index contributed by atoms with van der Waals surface area (Å²) in [5, 5.41) is 3.03. The number of carbonyl (C=O) groups excluding carboxylic acids is 1. The highest BCUT2D eigenvalue weighted by atomic mass is 16.1. The monoisotopic (exact) mass is 294 g/mol. The third-order valence-electron chi connectivity index (χ3n) is 4.31. The number of nitrogens with one attached hydrogen (secondary N) is 1. The van der Waals surface area contributed by atoms with Crippen LogP contribution in [0.4, 0.5) is 0 Å². The van der Waals surface area contributed by atoms with Crippen LogP contribution in [0.3, 0.4) is 0 Å². The Hall–Kier alpha value is -2.13. The highest BCUT2D eigenvalue weighted by molar-refractivity contribution is 5.95. The van der Waals surface area contributed by atoms with Gasteiger partial charge in [-0.3, -0.25) is 9.69 Å². The predicted molar refractivity (Wildman–Crippen MR) is 88.9 cm³/mol. The van der Waals surface area contributed by atoms with E-state index in [0.717, 1.165) is 37.2 Å². The van der Waals surface area contributed by atoms with Crippen LogP contribution in [0.1, 0.15) is 27.0 Å². The van der Waals surface area contributed by atoms with E-state index in [2.05, 4.69) is 34.5 Å². The maximum Gasteiger partial charge on any atom is 0.251 e. The Morgan fingerprint density at radius 1 is 1.09 bits per heavy atom. The van der Waals surface area contributed by atoms with E-state index >= 15 is 0 Å². The molecule has 0 radical (unpaired) electrons. The summed E-state index contributed by atoms with van der Waals surface area (Å²) >= 11 is 0. The highest BCUT2D eigenvalue weighted by Crippen LogP contribution is 2.17. The summed E-state index contributed by atoms with van der Waals surface area (Å²) in [5.41, 5.74) is 4.67. The molecule has 2 aromatic rings. The maximum absolute atomic E-state index is 12.2. The molecule has 3 rings (SSSR count). The number of hydrogen-bond donors (Lipinski definition) is 1. The van der Waals surface area contributed by atoms with Gasteiger partial charge in [0.15, 0.2) is 0 Å². The molecule has 3 nitrogen and oxygen atoms in total. The molecule has 1 heterocycles. The maximum atomic E-state index is 12.2. The highest BCUT2D eigenvalue weighted by Gasteiger charge is 2.15. The fourth-order valence-corrected chi connectivity index (χ4v) is 3.00. The molecule has 114 valence electrons. The summed E-state index contributed by atoms with van der Waals surface area (Å²) in [6.45, 7) is 5.60. The van der Waals surface area contributed by atoms with Gasteiger partial charge in [0.05, 0.1) is 0 Å². The summed E-state index contributed by atoms with van der Waals surface area (Å²) in [4.78, 5) is 14.6. The Labute approximate surface area is 132 Å². The standard InChI is InChI=1S/C19H22N2O/c1-15-6-2-5-9-18(15)19(22)20-11-13-21-12-10-16-7-3-4-8-17(16)14-21/h2-9H,10-14H2,1H3,(H,20,22). The lowest BCUT2D eigenvalue weighted by atomic mass is 10.00. The lowest BCUT2D eigenvalue weighted by Crippen LogP contribution is -2.37. The average Bonchev–Trinajstić information content (AvgIpc) is 2.55. The first kappa shape index (κ1) is 14.8. The van der Waals surface area contributed by atoms with E-state index in [0.29, 0.717) is 6.54 Å². The normalized spacial score (nSPS) is 14.4. The van der Waals surface area contributed by atoms with Crippen molar-refractivity contribution >= 4 is 5.91 Å². The van der Waals surface area contributed by atoms with Crippen LogP contribution in [-0.4, -0.2) is 30.4 Å². The van der Waals surface area contributed by atoms with Crippen LogP contribution in [0.15, 0.2) is 48.5 Å². The van der Waals surface area contributed by atoms with Crippen LogP contribution < -0.4 is 5.32 Å². The van der Waals surface area contributed by atoms with Crippen LogP contribution >= 0.6 is 0 Å². The van der Waals surface area contributed by atoms with Crippen molar-refractivity contribution in [2.75, 3.05) is 19.6 Å². The molecule has 1 amide bonds. The van der Waals surface area contributed by atoms with Gasteiger partial charge in [0, 0.05) is 31.7 Å². The van der Waals surface area contributed by atoms with Gasteiger partial charge in [-0.15, -0.1) is 0 Å². The van der Waals surface area contributed by atoms with E-state index in [4.69, 9.17) is 0 Å². The number of carbonyl (C=O) groups is 1. The molecule has 0 spiro atoms. The van der Waals surface area contributed by atoms with E-state index in [-0.39, 0.29) is 5.91 Å². The third kappa shape index (κ3) is 3.37. The van der Waals surface area contributed by atoms with Crippen molar-refractivity contribution in [2.24, 2.45) is 0 Å². The topological polar surface area (TPSA) is 32.3 Å². The van der Waals surface area contributed by atoms with Gasteiger partial charge < -0.3 is 5.32 Å². The van der Waals surface area contributed by atoms with Crippen LogP contribution in [-0.2, 0) is 13.0 Å². The van der Waals surface area contributed by atoms with E-state index in [9.17, 15) is 4.79 Å². The van der Waals surface area contributed by atoms with Crippen LogP contribution in [0.5, 0.6) is 0 Å². The second-order valence-corrected chi connectivity index (χ2v) is 5.87. The molecule has 1 N–H and O–H groups in total. The first-order valence-corrected chi connectivity index (χ1v) is 7.87. The number of fused-ring (bicyclic) bond motifs is 1. The van der Waals surface area contributed by atoms with Crippen molar-refractivity contribution in [2.45, 2.75) is 19.9 Å². The molecular formula is C19H22N2O. The number of nitrogens with zero attached hydrogens (tertiary/aromatic N) is 1. The minimum absolute atomic E-state index is 0.0236. The Morgan fingerprint density at radius 3 is 2.64 bits per heavy atom. The quantitative estimate of drug-likeness (QED) is 0.940. The van der Waals surface area contributed by atoms with Crippen LogP contribution in [0, 0.1) is 6.92 Å². The van der Waals surface area contributed by atoms with Gasteiger partial charge in [-0.25, -0.2) is 0 Å². The van der Waals surface area contributed by atoms with Gasteiger partial charge in [-0.1, -0.05) is 42.5 Å². The summed E-state index contributed by atoms with van der Waals surface area (Å²) in [5.74, 6) is 0.0236. The SMILES string of the molecule is Cc1ccccc1C(=O)NCCN1CCc2ccccc2C1. The summed E-state index contributed by atoms with van der Waals surface area (Å²) in [6, 6.07) is 16.3. The average molecular weight is 294 g/mol. The van der Waals surface area contributed by atoms with Crippen molar-refractivity contribution in [3.05, 3.63) is 70.8 Å². The van der Waals surface area contributed by atoms with E-state index in [1.165, 1.54) is 11.1 Å². The van der Waals surface area contributed by atoms with Crippen molar-refractivity contribution in [3.8, 4) is 0 Å². The molecule has 0 aromatic heterocycles. The minimum atomic E-state index is 0.0236. The molecular weight excluding hydrogens is 272 g/mol. The number of aryl methyl sites for hydroxylation is 1. The molecule has 1 aliphatic heterocycles. The van der Waals surface area contributed by atoms with Gasteiger partial charge in [-0.05, 0) is 36.1 Å². The zero-order valence-electron chi connectivity index (χ0n) is 13.0. The first-order chi connectivity index (χ1) is 10.7. The van der Waals surface area contributed by atoms with Gasteiger partial charge in [-0.2, -0.15) is 0 Å². The molecule has 0 aliphatic carbocycles. The molecule has 3 heteroatoms. The molecule has 0 unspecified atom stereocenters. The third-order valence-corrected chi connectivity index (χ3v) is 4.31. The van der Waals surface area contributed by atoms with Crippen LogP contribution in [0.25, 0.3) is 0 Å². The number of amides is 1. The number of rotatable bonds is 4. The van der Waals surface area contributed by atoms with E-state index < -0.39 is 0 Å². The molecule has 1 aliphatic rings. The van der Waals surface area contributed by atoms with Crippen LogP contribution in [0.2, 0.25) is 0 Å². The molecule has 2 aromatic carbocycles. The fourth-order valence-electron chi connectivity index (χ4n) is 3.00. The van der Waals surface area contributed by atoms with Crippen molar-refractivity contribution < 1.29 is 4.79 Å². The van der Waals surface area contributed by atoms with Gasteiger partial charge >= 0.3 is 0 Å². The minimum Gasteiger partial charge on any atom is -0.351 e. The number of benzene rings is 2. The molecule has 0 fully saturated rings. The largest absolute Gasteiger partial charge is 0.351 e. The molecule has 0 saturated carbocycles. The van der Waals surface area contributed by atoms with Gasteiger partial charge in [0.25, 0.3) is 5.91 Å². The van der Waals surface area contributed by atoms with Crippen molar-refractivity contribution in [1.29, 1.82) is 0 Å². The molecule has 22 heavy (non-hydrogen) atoms. The number of hydrogen-bond acceptors (Lipinski definition) is 2. The van der Waals surface area contributed by atoms with Crippen molar-refractivity contribution in [3.63, 3.8) is 0 Å². The Morgan fingerprint density at radius 2 is 1.82 bits per heavy atom. The van der Waals surface area contributed by atoms with E-state index in [1.54, 1.807) is 0 Å². The van der Waals surface area contributed by atoms with Gasteiger partial charge in [0.1, 0.15) is 0 Å². The Bertz CT molecular complexity index is 666. The first-order valence-electron chi connectivity index (χ1n) is 7.87. The summed E-state index contributed by atoms with van der Waals surface area (Å²) < 4.78 is 0. The summed E-state index contributed by atoms with van der Waals surface area (Å²) in [7, 11) is 0. The Balaban J connectivity index is 1.50. The fraction of sp³-hybridized carbons (Fsp3) is 0.316. The lowest BCUT2D eigenvalue weighted by molar-refractivity contribution is 0.0946. The molecule has 0 bridgehead atoms. The van der Waals surface area contributed by atoms with Gasteiger partial charge in [0.2, 0.25) is 0 Å². The molecule has 0 saturated heterocycles. The summed E-state index contributed by atoms with van der Waals surface area (Å²) in [6.07, 6.45) is 1.10. The molecule has 0 atom stereocenters. The van der Waals surface area contributed by atoms with E-state index in [1.807, 2.05) is 31.2 Å². The predicted octanol–water partition coefficient (Wildman–Crippen LogP) is 2.78. The zero-order valence-corrected chi connectivity index (χ0v) is 13.0. The Kier molecular flexibility index (Phi) is 4.54. The van der Waals surface area contributed by atoms with Crippen molar-refractivity contribution in [1.82, 2.24) is 10.2 Å².